The van der Waals surface area contributed by atoms with Gasteiger partial charge in [0, 0.05) is 6.04 Å². The van der Waals surface area contributed by atoms with E-state index in [-0.39, 0.29) is 11.8 Å². The van der Waals surface area contributed by atoms with Crippen LogP contribution in [0.15, 0.2) is 18.2 Å². The molecule has 0 bridgehead atoms. The minimum absolute atomic E-state index is 0.181. The average Bonchev–Trinajstić information content (AvgIpc) is 2.26. The molecular weight excluding hydrogens is 219 g/mol. The minimum atomic E-state index is -4.42. The molecule has 1 unspecified atom stereocenters. The highest BCUT2D eigenvalue weighted by Crippen LogP contribution is 2.37. The predicted octanol–water partition coefficient (Wildman–Crippen LogP) is 3.12. The highest BCUT2D eigenvalue weighted by Gasteiger charge is 2.34. The van der Waals surface area contributed by atoms with Crippen LogP contribution in [0, 0.1) is 0 Å². The molecule has 5 heteroatoms. The maximum Gasteiger partial charge on any atom is 0.419 e. The zero-order valence-corrected chi connectivity index (χ0v) is 9.14. The molecule has 0 aromatic heterocycles. The van der Waals surface area contributed by atoms with Gasteiger partial charge in [0.05, 0.1) is 12.7 Å². The molecule has 2 N–H and O–H groups in total. The predicted molar refractivity (Wildman–Crippen MR) is 55.2 cm³/mol. The van der Waals surface area contributed by atoms with E-state index in [2.05, 4.69) is 4.74 Å². The van der Waals surface area contributed by atoms with E-state index >= 15 is 0 Å². The molecule has 0 saturated heterocycles. The molecule has 0 aliphatic carbocycles. The van der Waals surface area contributed by atoms with Gasteiger partial charge in [-0.05, 0) is 24.1 Å². The van der Waals surface area contributed by atoms with Crippen molar-refractivity contribution in [2.75, 3.05) is 7.11 Å². The third-order valence-corrected chi connectivity index (χ3v) is 2.40. The molecule has 0 radical (unpaired) electrons. The summed E-state index contributed by atoms with van der Waals surface area (Å²) in [4.78, 5) is 0. The Kier molecular flexibility index (Phi) is 3.80. The van der Waals surface area contributed by atoms with Crippen molar-refractivity contribution in [1.29, 1.82) is 0 Å². The number of benzene rings is 1. The van der Waals surface area contributed by atoms with Crippen molar-refractivity contribution < 1.29 is 17.9 Å². The van der Waals surface area contributed by atoms with Crippen molar-refractivity contribution in [3.63, 3.8) is 0 Å². The highest BCUT2D eigenvalue weighted by molar-refractivity contribution is 5.40. The summed E-state index contributed by atoms with van der Waals surface area (Å²) in [5.41, 5.74) is 5.38. The second-order valence-corrected chi connectivity index (χ2v) is 3.47. The van der Waals surface area contributed by atoms with Gasteiger partial charge in [-0.3, -0.25) is 0 Å². The summed E-state index contributed by atoms with van der Waals surface area (Å²) in [7, 11) is 1.21. The number of alkyl halides is 3. The summed E-state index contributed by atoms with van der Waals surface area (Å²) in [5, 5.41) is 0. The van der Waals surface area contributed by atoms with Crippen LogP contribution in [0.5, 0.6) is 5.75 Å². The highest BCUT2D eigenvalue weighted by atomic mass is 19.4. The van der Waals surface area contributed by atoms with Crippen LogP contribution in [0.3, 0.4) is 0 Å². The summed E-state index contributed by atoms with van der Waals surface area (Å²) in [6, 6.07) is 3.52. The van der Waals surface area contributed by atoms with E-state index < -0.39 is 11.7 Å². The van der Waals surface area contributed by atoms with Gasteiger partial charge >= 0.3 is 6.18 Å². The van der Waals surface area contributed by atoms with E-state index in [1.54, 1.807) is 6.07 Å². The first-order chi connectivity index (χ1) is 7.40. The zero-order valence-electron chi connectivity index (χ0n) is 9.14. The van der Waals surface area contributed by atoms with E-state index in [1.807, 2.05) is 6.92 Å². The average molecular weight is 233 g/mol. The lowest BCUT2D eigenvalue weighted by atomic mass is 10.0. The lowest BCUT2D eigenvalue weighted by molar-refractivity contribution is -0.138. The van der Waals surface area contributed by atoms with Gasteiger partial charge in [-0.25, -0.2) is 0 Å². The molecule has 0 saturated carbocycles. The Hall–Kier alpha value is -1.23. The number of halogens is 3. The summed E-state index contributed by atoms with van der Waals surface area (Å²) < 4.78 is 42.7. The first kappa shape index (κ1) is 12.8. The molecule has 0 aliphatic rings. The molecule has 1 aromatic carbocycles. The van der Waals surface area contributed by atoms with Crippen molar-refractivity contribution in [2.45, 2.75) is 25.6 Å². The van der Waals surface area contributed by atoms with Gasteiger partial charge in [-0.2, -0.15) is 13.2 Å². The van der Waals surface area contributed by atoms with Gasteiger partial charge in [-0.15, -0.1) is 0 Å². The molecular formula is C11H14F3NO. The van der Waals surface area contributed by atoms with Crippen molar-refractivity contribution in [3.05, 3.63) is 29.3 Å². The first-order valence-corrected chi connectivity index (χ1v) is 4.90. The Balaban J connectivity index is 3.22. The standard InChI is InChI=1S/C11H14F3NO/c1-3-9(15)7-4-5-10(16-2)8(6-7)11(12,13)14/h4-6,9H,3,15H2,1-2H3. The van der Waals surface area contributed by atoms with Crippen LogP contribution in [0.4, 0.5) is 13.2 Å². The van der Waals surface area contributed by atoms with Crippen LogP contribution < -0.4 is 10.5 Å². The van der Waals surface area contributed by atoms with Crippen LogP contribution in [0.1, 0.15) is 30.5 Å². The van der Waals surface area contributed by atoms with Crippen LogP contribution in [0.25, 0.3) is 0 Å². The molecule has 90 valence electrons. The molecule has 1 atom stereocenters. The molecule has 0 heterocycles. The zero-order chi connectivity index (χ0) is 12.3. The number of methoxy groups -OCH3 is 1. The second kappa shape index (κ2) is 4.74. The normalized spacial score (nSPS) is 13.6. The maximum absolute atomic E-state index is 12.7. The smallest absolute Gasteiger partial charge is 0.419 e. The lowest BCUT2D eigenvalue weighted by Gasteiger charge is -2.15. The molecule has 16 heavy (non-hydrogen) atoms. The Bertz CT molecular complexity index is 363. The van der Waals surface area contributed by atoms with Crippen LogP contribution >= 0.6 is 0 Å². The molecule has 0 fully saturated rings. The number of hydrogen-bond donors (Lipinski definition) is 1. The van der Waals surface area contributed by atoms with Crippen LogP contribution in [-0.4, -0.2) is 7.11 Å². The largest absolute Gasteiger partial charge is 0.496 e. The molecule has 1 rings (SSSR count). The molecule has 1 aromatic rings. The fraction of sp³-hybridized carbons (Fsp3) is 0.455. The minimum Gasteiger partial charge on any atom is -0.496 e. The molecule has 2 nitrogen and oxygen atoms in total. The van der Waals surface area contributed by atoms with Gasteiger partial charge < -0.3 is 10.5 Å². The Morgan fingerprint density at radius 1 is 1.38 bits per heavy atom. The SMILES string of the molecule is CCC(N)c1ccc(OC)c(C(F)(F)F)c1. The van der Waals surface area contributed by atoms with Crippen LogP contribution in [0.2, 0.25) is 0 Å². The van der Waals surface area contributed by atoms with Crippen molar-refractivity contribution >= 4 is 0 Å². The monoisotopic (exact) mass is 233 g/mol. The fourth-order valence-corrected chi connectivity index (χ4v) is 1.41. The summed E-state index contributed by atoms with van der Waals surface area (Å²) in [5.74, 6) is -0.181. The van der Waals surface area contributed by atoms with Gasteiger partial charge in [0.2, 0.25) is 0 Å². The molecule has 0 amide bonds. The van der Waals surface area contributed by atoms with E-state index in [9.17, 15) is 13.2 Å². The van der Waals surface area contributed by atoms with Gasteiger partial charge in [0.25, 0.3) is 0 Å². The lowest BCUT2D eigenvalue weighted by Crippen LogP contribution is -2.12. The quantitative estimate of drug-likeness (QED) is 0.870. The summed E-state index contributed by atoms with van der Waals surface area (Å²) in [6.07, 6.45) is -3.83. The third-order valence-electron chi connectivity index (χ3n) is 2.40. The maximum atomic E-state index is 12.7. The number of rotatable bonds is 3. The Morgan fingerprint density at radius 2 is 2.00 bits per heavy atom. The van der Waals surface area contributed by atoms with E-state index in [0.29, 0.717) is 12.0 Å². The molecule has 0 spiro atoms. The number of ether oxygens (including phenoxy) is 1. The van der Waals surface area contributed by atoms with E-state index in [4.69, 9.17) is 5.73 Å². The second-order valence-electron chi connectivity index (χ2n) is 3.47. The van der Waals surface area contributed by atoms with Crippen molar-refractivity contribution in [2.24, 2.45) is 5.73 Å². The number of nitrogens with two attached hydrogens (primary N) is 1. The van der Waals surface area contributed by atoms with E-state index in [0.717, 1.165) is 6.07 Å². The Morgan fingerprint density at radius 3 is 2.44 bits per heavy atom. The fourth-order valence-electron chi connectivity index (χ4n) is 1.41. The number of hydrogen-bond acceptors (Lipinski definition) is 2. The Labute approximate surface area is 92.2 Å². The first-order valence-electron chi connectivity index (χ1n) is 4.90. The van der Waals surface area contributed by atoms with Gasteiger partial charge in [0.15, 0.2) is 0 Å². The summed E-state index contributed by atoms with van der Waals surface area (Å²) in [6.45, 7) is 1.82. The van der Waals surface area contributed by atoms with Gasteiger partial charge in [-0.1, -0.05) is 13.0 Å². The van der Waals surface area contributed by atoms with Crippen molar-refractivity contribution in [3.8, 4) is 5.75 Å². The molecule has 0 aliphatic heterocycles. The summed E-state index contributed by atoms with van der Waals surface area (Å²) >= 11 is 0. The van der Waals surface area contributed by atoms with E-state index in [1.165, 1.54) is 13.2 Å². The van der Waals surface area contributed by atoms with Gasteiger partial charge in [0.1, 0.15) is 5.75 Å². The third kappa shape index (κ3) is 2.66. The topological polar surface area (TPSA) is 35.2 Å². The van der Waals surface area contributed by atoms with Crippen LogP contribution in [-0.2, 0) is 6.18 Å². The van der Waals surface area contributed by atoms with Crippen molar-refractivity contribution in [1.82, 2.24) is 0 Å².